The Morgan fingerprint density at radius 2 is 1.84 bits per heavy atom. The van der Waals surface area contributed by atoms with Crippen molar-refractivity contribution >= 4 is 28.3 Å². The zero-order valence-electron chi connectivity index (χ0n) is 18.0. The third-order valence-corrected chi connectivity index (χ3v) is 5.96. The van der Waals surface area contributed by atoms with Crippen LogP contribution in [0.3, 0.4) is 0 Å². The molecule has 3 aromatic rings. The van der Waals surface area contributed by atoms with E-state index in [-0.39, 0.29) is 17.6 Å². The molecule has 1 aliphatic heterocycles. The molecule has 0 saturated carbocycles. The number of rotatable bonds is 6. The minimum absolute atomic E-state index is 0.0352. The molecular formula is C25H28N3O3+. The van der Waals surface area contributed by atoms with E-state index in [1.165, 1.54) is 0 Å². The Kier molecular flexibility index (Phi) is 5.89. The fraction of sp³-hybridized carbons (Fsp3) is 0.320. The molecule has 1 aliphatic rings. The van der Waals surface area contributed by atoms with Crippen molar-refractivity contribution in [3.63, 3.8) is 0 Å². The van der Waals surface area contributed by atoms with Crippen LogP contribution in [-0.4, -0.2) is 31.4 Å². The number of primary amides is 1. The number of benzene rings is 2. The average molecular weight is 419 g/mol. The molecule has 0 radical (unpaired) electrons. The van der Waals surface area contributed by atoms with Crippen LogP contribution in [0, 0.1) is 12.8 Å². The summed E-state index contributed by atoms with van der Waals surface area (Å²) in [6, 6.07) is 13.5. The third-order valence-electron chi connectivity index (χ3n) is 5.96. The monoisotopic (exact) mass is 418 g/mol. The van der Waals surface area contributed by atoms with E-state index in [0.29, 0.717) is 43.7 Å². The van der Waals surface area contributed by atoms with Crippen LogP contribution in [0.2, 0.25) is 0 Å². The molecule has 1 aromatic heterocycles. The number of fused-ring (bicyclic) bond motifs is 1. The molecule has 31 heavy (non-hydrogen) atoms. The highest BCUT2D eigenvalue weighted by Crippen LogP contribution is 2.34. The number of nitrogens with one attached hydrogen (secondary N) is 1. The minimum atomic E-state index is -0.250. The second-order valence-electron chi connectivity index (χ2n) is 8.05. The number of ether oxygens (including phenoxy) is 1. The number of nitrogens with two attached hydrogens (primary N) is 1. The van der Waals surface area contributed by atoms with Crippen LogP contribution in [0.5, 0.6) is 5.75 Å². The summed E-state index contributed by atoms with van der Waals surface area (Å²) in [6.45, 7) is 5.85. The summed E-state index contributed by atoms with van der Waals surface area (Å²) in [6.07, 6.45) is 3.15. The van der Waals surface area contributed by atoms with Crippen molar-refractivity contribution in [2.75, 3.05) is 24.6 Å². The summed E-state index contributed by atoms with van der Waals surface area (Å²) in [4.78, 5) is 30.6. The van der Waals surface area contributed by atoms with Crippen molar-refractivity contribution < 1.29 is 19.3 Å². The number of aryl methyl sites for hydroxylation is 1. The number of carbonyl (C=O) groups is 2. The van der Waals surface area contributed by atoms with Crippen LogP contribution < -0.4 is 20.4 Å². The zero-order valence-corrected chi connectivity index (χ0v) is 18.0. The molecule has 0 unspecified atom stereocenters. The van der Waals surface area contributed by atoms with Gasteiger partial charge in [-0.05, 0) is 38.8 Å². The molecule has 0 bridgehead atoms. The second kappa shape index (κ2) is 8.76. The van der Waals surface area contributed by atoms with Crippen molar-refractivity contribution in [1.82, 2.24) is 0 Å². The number of carbonyl (C=O) groups excluding carboxylic acids is 2. The van der Waals surface area contributed by atoms with Crippen molar-refractivity contribution in [2.45, 2.75) is 26.7 Å². The van der Waals surface area contributed by atoms with E-state index >= 15 is 0 Å². The fourth-order valence-electron chi connectivity index (χ4n) is 4.23. The van der Waals surface area contributed by atoms with Gasteiger partial charge >= 0.3 is 0 Å². The van der Waals surface area contributed by atoms with E-state index in [4.69, 9.17) is 10.5 Å². The molecule has 1 fully saturated rings. The molecular weight excluding hydrogens is 390 g/mol. The highest BCUT2D eigenvalue weighted by molar-refractivity contribution is 6.15. The Hall–Kier alpha value is -3.41. The number of pyridine rings is 1. The Balaban J connectivity index is 1.83. The number of H-pyrrole nitrogens is 1. The van der Waals surface area contributed by atoms with Gasteiger partial charge in [0, 0.05) is 30.6 Å². The molecule has 6 heteroatoms. The summed E-state index contributed by atoms with van der Waals surface area (Å²) in [5, 5.41) is 0.932. The lowest BCUT2D eigenvalue weighted by Gasteiger charge is -2.33. The summed E-state index contributed by atoms with van der Waals surface area (Å²) < 4.78 is 5.72. The topological polar surface area (TPSA) is 86.8 Å². The van der Waals surface area contributed by atoms with Gasteiger partial charge in [0.2, 0.25) is 17.2 Å². The second-order valence-corrected chi connectivity index (χ2v) is 8.05. The van der Waals surface area contributed by atoms with Gasteiger partial charge in [0.15, 0.2) is 6.20 Å². The Bertz CT molecular complexity index is 1120. The van der Waals surface area contributed by atoms with Gasteiger partial charge < -0.3 is 15.4 Å². The standard InChI is InChI=1S/C25H27N3O3/c1-3-31-19-8-9-22-20(14-19)23(28-12-10-18(11-13-28)25(26)30)21(15-27-22)24(29)17-6-4-16(2)5-7-17/h4-9,14-15,18H,3,10-13H2,1-2H3,(H2,26,30)/p+1. The van der Waals surface area contributed by atoms with E-state index in [2.05, 4.69) is 9.88 Å². The van der Waals surface area contributed by atoms with Gasteiger partial charge in [0.05, 0.1) is 17.7 Å². The summed E-state index contributed by atoms with van der Waals surface area (Å²) in [7, 11) is 0. The maximum atomic E-state index is 13.5. The summed E-state index contributed by atoms with van der Waals surface area (Å²) in [5.74, 6) is 0.358. The van der Waals surface area contributed by atoms with E-state index < -0.39 is 0 Å². The molecule has 4 rings (SSSR count). The van der Waals surface area contributed by atoms with E-state index in [9.17, 15) is 9.59 Å². The molecule has 1 saturated heterocycles. The number of aromatic nitrogens is 1. The average Bonchev–Trinajstić information content (AvgIpc) is 2.78. The van der Waals surface area contributed by atoms with Gasteiger partial charge in [0.1, 0.15) is 11.3 Å². The lowest BCUT2D eigenvalue weighted by atomic mass is 9.93. The van der Waals surface area contributed by atoms with E-state index in [1.54, 1.807) is 6.20 Å². The van der Waals surface area contributed by atoms with Gasteiger partial charge in [-0.25, -0.2) is 4.98 Å². The molecule has 1 amide bonds. The molecule has 0 atom stereocenters. The van der Waals surface area contributed by atoms with Gasteiger partial charge in [-0.15, -0.1) is 0 Å². The number of nitrogens with zero attached hydrogens (tertiary/aromatic N) is 1. The lowest BCUT2D eigenvalue weighted by molar-refractivity contribution is -0.344. The lowest BCUT2D eigenvalue weighted by Crippen LogP contribution is -2.39. The Morgan fingerprint density at radius 1 is 1.13 bits per heavy atom. The maximum Gasteiger partial charge on any atom is 0.220 e. The zero-order chi connectivity index (χ0) is 22.0. The normalized spacial score (nSPS) is 14.6. The number of aromatic amines is 1. The molecule has 0 aliphatic carbocycles. The van der Waals surface area contributed by atoms with Crippen LogP contribution in [0.1, 0.15) is 41.3 Å². The predicted octanol–water partition coefficient (Wildman–Crippen LogP) is 3.29. The molecule has 160 valence electrons. The molecule has 2 aromatic carbocycles. The smallest absolute Gasteiger partial charge is 0.220 e. The fourth-order valence-corrected chi connectivity index (χ4v) is 4.23. The highest BCUT2D eigenvalue weighted by atomic mass is 16.5. The number of hydrogen-bond donors (Lipinski definition) is 1. The number of amides is 1. The van der Waals surface area contributed by atoms with Gasteiger partial charge in [-0.2, -0.15) is 0 Å². The van der Waals surface area contributed by atoms with Crippen LogP contribution in [-0.2, 0) is 4.79 Å². The van der Waals surface area contributed by atoms with Gasteiger partial charge in [-0.1, -0.05) is 29.8 Å². The van der Waals surface area contributed by atoms with Gasteiger partial charge in [-0.3, -0.25) is 9.59 Å². The highest BCUT2D eigenvalue weighted by Gasteiger charge is 2.29. The van der Waals surface area contributed by atoms with Crippen LogP contribution in [0.15, 0.2) is 48.7 Å². The molecule has 2 heterocycles. The van der Waals surface area contributed by atoms with Crippen molar-refractivity contribution in [3.8, 4) is 5.75 Å². The first-order valence-electron chi connectivity index (χ1n) is 10.7. The number of piperidine rings is 1. The first kappa shape index (κ1) is 20.8. The Labute approximate surface area is 182 Å². The number of anilines is 1. The first-order valence-corrected chi connectivity index (χ1v) is 10.7. The Morgan fingerprint density at radius 3 is 2.48 bits per heavy atom. The molecule has 6 nitrogen and oxygen atoms in total. The first-order chi connectivity index (χ1) is 15.0. The summed E-state index contributed by atoms with van der Waals surface area (Å²) >= 11 is 0. The molecule has 3 N–H and O–H groups in total. The summed E-state index contributed by atoms with van der Waals surface area (Å²) in [5.41, 5.74) is 9.70. The van der Waals surface area contributed by atoms with Crippen molar-refractivity contribution in [3.05, 3.63) is 65.4 Å². The van der Waals surface area contributed by atoms with Crippen molar-refractivity contribution in [1.29, 1.82) is 0 Å². The number of ketones is 1. The van der Waals surface area contributed by atoms with E-state index in [0.717, 1.165) is 27.9 Å². The largest absolute Gasteiger partial charge is 0.494 e. The minimum Gasteiger partial charge on any atom is -0.494 e. The third kappa shape index (κ3) is 4.24. The predicted molar refractivity (Wildman–Crippen MR) is 120 cm³/mol. The maximum absolute atomic E-state index is 13.5. The quantitative estimate of drug-likeness (QED) is 0.623. The van der Waals surface area contributed by atoms with Crippen LogP contribution in [0.25, 0.3) is 10.9 Å². The van der Waals surface area contributed by atoms with Crippen LogP contribution in [0.4, 0.5) is 5.69 Å². The van der Waals surface area contributed by atoms with Gasteiger partial charge in [0.25, 0.3) is 0 Å². The SMILES string of the molecule is CCOc1ccc2[nH+]cc(C(=O)c3ccc(C)cc3)c(N3CCC(C(N)=O)CC3)c2c1. The van der Waals surface area contributed by atoms with Crippen molar-refractivity contribution in [2.24, 2.45) is 11.7 Å². The van der Waals surface area contributed by atoms with Crippen LogP contribution >= 0.6 is 0 Å². The van der Waals surface area contributed by atoms with E-state index in [1.807, 2.05) is 56.3 Å². The molecule has 0 spiro atoms. The number of hydrogen-bond acceptors (Lipinski definition) is 4.